The number of anilines is 1. The number of fused-ring (bicyclic) bond motifs is 1. The van der Waals surface area contributed by atoms with Crippen LogP contribution in [-0.4, -0.2) is 35.8 Å². The van der Waals surface area contributed by atoms with Gasteiger partial charge in [-0.2, -0.15) is 0 Å². The van der Waals surface area contributed by atoms with Gasteiger partial charge in [0.1, 0.15) is 5.56 Å². The topological polar surface area (TPSA) is 71.5 Å². The van der Waals surface area contributed by atoms with Crippen molar-refractivity contribution in [3.63, 3.8) is 0 Å². The molecule has 2 N–H and O–H groups in total. The zero-order valence-corrected chi connectivity index (χ0v) is 12.3. The van der Waals surface area contributed by atoms with E-state index in [1.807, 2.05) is 31.2 Å². The van der Waals surface area contributed by atoms with Gasteiger partial charge >= 0.3 is 5.97 Å². The Morgan fingerprint density at radius 3 is 2.90 bits per heavy atom. The molecule has 1 atom stereocenters. The van der Waals surface area contributed by atoms with Gasteiger partial charge in [-0.05, 0) is 18.9 Å². The van der Waals surface area contributed by atoms with E-state index >= 15 is 0 Å². The van der Waals surface area contributed by atoms with Crippen LogP contribution in [0.25, 0.3) is 10.9 Å². The summed E-state index contributed by atoms with van der Waals surface area (Å²) in [5, 5.41) is 13.3. The van der Waals surface area contributed by atoms with E-state index in [2.05, 4.69) is 10.3 Å². The van der Waals surface area contributed by atoms with Crippen molar-refractivity contribution in [2.45, 2.75) is 13.8 Å². The highest BCUT2D eigenvalue weighted by atomic mass is 16.5. The molecule has 1 aromatic carbocycles. The first-order valence-corrected chi connectivity index (χ1v) is 7.07. The third-order valence-corrected chi connectivity index (χ3v) is 3.21. The van der Waals surface area contributed by atoms with Crippen molar-refractivity contribution in [1.29, 1.82) is 0 Å². The first-order chi connectivity index (χ1) is 10.2. The predicted molar refractivity (Wildman–Crippen MR) is 82.4 cm³/mol. The number of rotatable bonds is 6. The zero-order chi connectivity index (χ0) is 15.2. The maximum absolute atomic E-state index is 12.1. The van der Waals surface area contributed by atoms with Crippen LogP contribution in [0.2, 0.25) is 0 Å². The highest BCUT2D eigenvalue weighted by molar-refractivity contribution is 6.04. The molecule has 0 amide bonds. The minimum atomic E-state index is -0.394. The second-order valence-electron chi connectivity index (χ2n) is 4.95. The molecule has 5 nitrogen and oxygen atoms in total. The summed E-state index contributed by atoms with van der Waals surface area (Å²) in [4.78, 5) is 16.4. The molecule has 0 saturated heterocycles. The van der Waals surface area contributed by atoms with Crippen molar-refractivity contribution in [2.75, 3.05) is 25.1 Å². The number of nitrogens with one attached hydrogen (secondary N) is 1. The number of para-hydroxylation sites is 1. The minimum absolute atomic E-state index is 0.0881. The number of aliphatic hydroxyl groups excluding tert-OH is 1. The largest absolute Gasteiger partial charge is 0.462 e. The zero-order valence-electron chi connectivity index (χ0n) is 12.3. The Bertz CT molecular complexity index is 628. The number of esters is 1. The van der Waals surface area contributed by atoms with E-state index in [-0.39, 0.29) is 12.5 Å². The molecule has 5 heteroatoms. The van der Waals surface area contributed by atoms with Crippen LogP contribution < -0.4 is 5.32 Å². The second kappa shape index (κ2) is 7.04. The van der Waals surface area contributed by atoms with Gasteiger partial charge in [0, 0.05) is 24.7 Å². The van der Waals surface area contributed by atoms with Crippen molar-refractivity contribution >= 4 is 22.6 Å². The summed E-state index contributed by atoms with van der Waals surface area (Å²) in [6, 6.07) is 7.61. The second-order valence-corrected chi connectivity index (χ2v) is 4.95. The predicted octanol–water partition coefficient (Wildman–Crippen LogP) is 2.45. The molecule has 112 valence electrons. The molecule has 0 spiro atoms. The van der Waals surface area contributed by atoms with Gasteiger partial charge in [0.25, 0.3) is 0 Å². The molecular formula is C16H20N2O3. The van der Waals surface area contributed by atoms with E-state index in [4.69, 9.17) is 9.84 Å². The van der Waals surface area contributed by atoms with Crippen LogP contribution in [0.4, 0.5) is 5.69 Å². The summed E-state index contributed by atoms with van der Waals surface area (Å²) in [6.07, 6.45) is 1.53. The quantitative estimate of drug-likeness (QED) is 0.799. The number of carbonyl (C=O) groups excluding carboxylic acids is 1. The van der Waals surface area contributed by atoms with Crippen molar-refractivity contribution in [3.05, 3.63) is 36.0 Å². The lowest BCUT2D eigenvalue weighted by atomic mass is 10.1. The highest BCUT2D eigenvalue weighted by Gasteiger charge is 2.16. The Morgan fingerprint density at radius 2 is 2.19 bits per heavy atom. The Morgan fingerprint density at radius 1 is 1.43 bits per heavy atom. The maximum Gasteiger partial charge on any atom is 0.341 e. The van der Waals surface area contributed by atoms with Crippen LogP contribution in [-0.2, 0) is 4.74 Å². The van der Waals surface area contributed by atoms with E-state index in [1.54, 1.807) is 6.92 Å². The Kier molecular flexibility index (Phi) is 5.11. The fraction of sp³-hybridized carbons (Fsp3) is 0.375. The van der Waals surface area contributed by atoms with Gasteiger partial charge in [-0.15, -0.1) is 0 Å². The fourth-order valence-corrected chi connectivity index (χ4v) is 2.04. The maximum atomic E-state index is 12.1. The number of nitrogens with zero attached hydrogens (tertiary/aromatic N) is 1. The third kappa shape index (κ3) is 3.49. The van der Waals surface area contributed by atoms with E-state index in [1.165, 1.54) is 6.20 Å². The highest BCUT2D eigenvalue weighted by Crippen LogP contribution is 2.26. The molecule has 0 bridgehead atoms. The van der Waals surface area contributed by atoms with Gasteiger partial charge < -0.3 is 15.2 Å². The number of benzene rings is 1. The van der Waals surface area contributed by atoms with Crippen molar-refractivity contribution in [2.24, 2.45) is 5.92 Å². The Labute approximate surface area is 124 Å². The lowest BCUT2D eigenvalue weighted by Gasteiger charge is -2.16. The van der Waals surface area contributed by atoms with E-state index in [0.29, 0.717) is 24.4 Å². The molecule has 1 unspecified atom stereocenters. The first kappa shape index (κ1) is 15.3. The number of hydrogen-bond donors (Lipinski definition) is 2. The van der Waals surface area contributed by atoms with Crippen LogP contribution in [0.1, 0.15) is 24.2 Å². The molecule has 2 aromatic rings. The normalized spacial score (nSPS) is 12.1. The van der Waals surface area contributed by atoms with Crippen LogP contribution in [0.15, 0.2) is 30.5 Å². The molecule has 1 aromatic heterocycles. The smallest absolute Gasteiger partial charge is 0.341 e. The molecule has 0 radical (unpaired) electrons. The van der Waals surface area contributed by atoms with E-state index in [0.717, 1.165) is 10.9 Å². The van der Waals surface area contributed by atoms with Crippen LogP contribution in [0.5, 0.6) is 0 Å². The number of ether oxygens (including phenoxy) is 1. The molecule has 1 heterocycles. The summed E-state index contributed by atoms with van der Waals surface area (Å²) in [5.41, 5.74) is 1.93. The van der Waals surface area contributed by atoms with E-state index < -0.39 is 5.97 Å². The number of aromatic nitrogens is 1. The molecule has 0 aliphatic rings. The number of hydrogen-bond acceptors (Lipinski definition) is 5. The van der Waals surface area contributed by atoms with Crippen LogP contribution >= 0.6 is 0 Å². The standard InChI is InChI=1S/C16H20N2O3/c1-3-21-16(20)13-9-17-14-7-5-4-6-12(14)15(13)18-8-11(2)10-19/h4-7,9,11,19H,3,8,10H2,1-2H3,(H,17,18). The molecule has 2 rings (SSSR count). The van der Waals surface area contributed by atoms with E-state index in [9.17, 15) is 4.79 Å². The summed E-state index contributed by atoms with van der Waals surface area (Å²) in [7, 11) is 0. The lowest BCUT2D eigenvalue weighted by molar-refractivity contribution is 0.0527. The van der Waals surface area contributed by atoms with Gasteiger partial charge in [0.05, 0.1) is 17.8 Å². The lowest BCUT2D eigenvalue weighted by Crippen LogP contribution is -2.17. The van der Waals surface area contributed by atoms with Crippen molar-refractivity contribution in [1.82, 2.24) is 4.98 Å². The molecule has 0 saturated carbocycles. The molecular weight excluding hydrogens is 268 g/mol. The monoisotopic (exact) mass is 288 g/mol. The summed E-state index contributed by atoms with van der Waals surface area (Å²) >= 11 is 0. The SMILES string of the molecule is CCOC(=O)c1cnc2ccccc2c1NCC(C)CO. The average molecular weight is 288 g/mol. The number of pyridine rings is 1. The first-order valence-electron chi connectivity index (χ1n) is 7.07. The fourth-order valence-electron chi connectivity index (χ4n) is 2.04. The van der Waals surface area contributed by atoms with Crippen LogP contribution in [0.3, 0.4) is 0 Å². The Hall–Kier alpha value is -2.14. The summed E-state index contributed by atoms with van der Waals surface area (Å²) in [5.74, 6) is -0.304. The molecule has 0 aliphatic carbocycles. The summed E-state index contributed by atoms with van der Waals surface area (Å²) < 4.78 is 5.08. The van der Waals surface area contributed by atoms with Crippen LogP contribution in [0, 0.1) is 5.92 Å². The molecule has 0 fully saturated rings. The molecule has 21 heavy (non-hydrogen) atoms. The van der Waals surface area contributed by atoms with Crippen molar-refractivity contribution < 1.29 is 14.6 Å². The van der Waals surface area contributed by atoms with Gasteiger partial charge in [-0.1, -0.05) is 25.1 Å². The number of aliphatic hydroxyl groups is 1. The third-order valence-electron chi connectivity index (χ3n) is 3.21. The Balaban J connectivity index is 2.44. The summed E-state index contributed by atoms with van der Waals surface area (Å²) in [6.45, 7) is 4.67. The molecule has 0 aliphatic heterocycles. The van der Waals surface area contributed by atoms with Crippen molar-refractivity contribution in [3.8, 4) is 0 Å². The average Bonchev–Trinajstić information content (AvgIpc) is 2.52. The van der Waals surface area contributed by atoms with Gasteiger partial charge in [-0.3, -0.25) is 4.98 Å². The van der Waals surface area contributed by atoms with Gasteiger partial charge in [0.15, 0.2) is 0 Å². The van der Waals surface area contributed by atoms with Gasteiger partial charge in [-0.25, -0.2) is 4.79 Å². The minimum Gasteiger partial charge on any atom is -0.462 e. The number of carbonyl (C=O) groups is 1. The van der Waals surface area contributed by atoms with Gasteiger partial charge in [0.2, 0.25) is 0 Å².